The lowest BCUT2D eigenvalue weighted by Crippen LogP contribution is -2.28. The maximum atomic E-state index is 11.6. The predicted molar refractivity (Wildman–Crippen MR) is 23.2 cm³/mol. The van der Waals surface area contributed by atoms with Gasteiger partial charge in [-0.25, -0.2) is 0 Å². The summed E-state index contributed by atoms with van der Waals surface area (Å²) in [5.74, 6) is 0. The molecule has 1 atom stereocenters. The van der Waals surface area contributed by atoms with Crippen molar-refractivity contribution in [1.82, 2.24) is 5.32 Å². The average Bonchev–Trinajstić information content (AvgIpc) is 2.08. The van der Waals surface area contributed by atoms with Crippen molar-refractivity contribution in [2.45, 2.75) is 12.3 Å². The molecule has 5 heteroatoms. The van der Waals surface area contributed by atoms with Crippen LogP contribution in [-0.4, -0.2) is 19.0 Å². The van der Waals surface area contributed by atoms with Gasteiger partial charge in [0.15, 0.2) is 6.10 Å². The summed E-state index contributed by atoms with van der Waals surface area (Å²) in [6.45, 7) is 0.837. The van der Waals surface area contributed by atoms with Crippen LogP contribution in [-0.2, 0) is 4.74 Å². The topological polar surface area (TPSA) is 21.3 Å². The van der Waals surface area contributed by atoms with Gasteiger partial charge in [-0.1, -0.05) is 0 Å². The van der Waals surface area contributed by atoms with Gasteiger partial charge in [-0.3, -0.25) is 5.32 Å². The molecule has 1 fully saturated rings. The van der Waals surface area contributed by atoms with Crippen LogP contribution < -0.4 is 5.32 Å². The summed E-state index contributed by atoms with van der Waals surface area (Å²) in [4.78, 5) is 0. The monoisotopic (exact) mass is 140 g/mol. The number of halogens is 3. The third-order valence-corrected chi connectivity index (χ3v) is 0.938. The van der Waals surface area contributed by atoms with Crippen LogP contribution in [0.25, 0.3) is 0 Å². The Balaban J connectivity index is 2.42. The summed E-state index contributed by atoms with van der Waals surface area (Å²) in [6, 6.07) is 0. The van der Waals surface area contributed by atoms with Crippen LogP contribution in [0.15, 0.2) is 0 Å². The number of hydrogen-bond donors (Lipinski definition) is 1. The fourth-order valence-corrected chi connectivity index (χ4v) is 0.530. The molecular formula is C4H5F3NO. The summed E-state index contributed by atoms with van der Waals surface area (Å²) in [5, 5.41) is 2.31. The van der Waals surface area contributed by atoms with E-state index in [0.717, 1.165) is 6.54 Å². The molecule has 0 aromatic heterocycles. The molecule has 0 aliphatic carbocycles. The predicted octanol–water partition coefficient (Wildman–Crippen LogP) is 0.656. The van der Waals surface area contributed by atoms with Crippen molar-refractivity contribution in [3.63, 3.8) is 0 Å². The molecule has 1 rings (SSSR count). The molecule has 53 valence electrons. The minimum Gasteiger partial charge on any atom is -0.352 e. The highest BCUT2D eigenvalue weighted by Crippen LogP contribution is 2.25. The standard InChI is InChI=1S/C4H5F3NO/c5-4(6,7)3-1-8-2-9-3/h1,3,8H,2H2. The third-order valence-electron chi connectivity index (χ3n) is 0.938. The van der Waals surface area contributed by atoms with Gasteiger partial charge in [0, 0.05) is 0 Å². The normalized spacial score (nSPS) is 29.0. The van der Waals surface area contributed by atoms with E-state index in [0.29, 0.717) is 0 Å². The van der Waals surface area contributed by atoms with E-state index in [-0.39, 0.29) is 6.73 Å². The van der Waals surface area contributed by atoms with E-state index < -0.39 is 12.3 Å². The molecule has 1 N–H and O–H groups in total. The molecule has 0 saturated carbocycles. The maximum Gasteiger partial charge on any atom is 0.416 e. The SMILES string of the molecule is FC(F)(F)C1[CH]NCO1. The molecule has 1 unspecified atom stereocenters. The maximum absolute atomic E-state index is 11.6. The zero-order chi connectivity index (χ0) is 6.91. The summed E-state index contributed by atoms with van der Waals surface area (Å²) in [7, 11) is 0. The second kappa shape index (κ2) is 2.15. The first-order valence-electron chi connectivity index (χ1n) is 2.36. The molecule has 0 bridgehead atoms. The Hall–Kier alpha value is -0.290. The summed E-state index contributed by atoms with van der Waals surface area (Å²) >= 11 is 0. The first kappa shape index (κ1) is 6.82. The van der Waals surface area contributed by atoms with E-state index in [2.05, 4.69) is 10.1 Å². The second-order valence-corrected chi connectivity index (χ2v) is 1.64. The van der Waals surface area contributed by atoms with E-state index in [1.165, 1.54) is 0 Å². The minimum absolute atomic E-state index is 0.0514. The number of rotatable bonds is 0. The molecule has 0 aromatic carbocycles. The molecule has 0 aromatic rings. The van der Waals surface area contributed by atoms with Gasteiger partial charge in [-0.15, -0.1) is 0 Å². The van der Waals surface area contributed by atoms with E-state index in [1.807, 2.05) is 0 Å². The van der Waals surface area contributed by atoms with Crippen molar-refractivity contribution < 1.29 is 17.9 Å². The number of ether oxygens (including phenoxy) is 1. The highest BCUT2D eigenvalue weighted by Gasteiger charge is 2.42. The molecule has 1 aliphatic heterocycles. The van der Waals surface area contributed by atoms with Crippen LogP contribution in [0.4, 0.5) is 13.2 Å². The molecule has 1 heterocycles. The van der Waals surface area contributed by atoms with Crippen LogP contribution in [0.5, 0.6) is 0 Å². The second-order valence-electron chi connectivity index (χ2n) is 1.64. The fourth-order valence-electron chi connectivity index (χ4n) is 0.530. The lowest BCUT2D eigenvalue weighted by molar-refractivity contribution is -0.197. The Labute approximate surface area is 50.0 Å². The Bertz CT molecular complexity index is 96.5. The van der Waals surface area contributed by atoms with Crippen LogP contribution in [0.3, 0.4) is 0 Å². The molecular weight excluding hydrogens is 135 g/mol. The lowest BCUT2D eigenvalue weighted by Gasteiger charge is -2.10. The number of hydrogen-bond acceptors (Lipinski definition) is 2. The molecule has 1 radical (unpaired) electrons. The summed E-state index contributed by atoms with van der Waals surface area (Å²) < 4.78 is 38.9. The van der Waals surface area contributed by atoms with Gasteiger partial charge in [-0.05, 0) is 0 Å². The average molecular weight is 140 g/mol. The van der Waals surface area contributed by atoms with Gasteiger partial charge in [0.05, 0.1) is 13.3 Å². The van der Waals surface area contributed by atoms with Gasteiger partial charge >= 0.3 is 6.18 Å². The zero-order valence-corrected chi connectivity index (χ0v) is 4.40. The van der Waals surface area contributed by atoms with Crippen LogP contribution >= 0.6 is 0 Å². The van der Waals surface area contributed by atoms with Crippen LogP contribution in [0, 0.1) is 6.54 Å². The molecule has 1 saturated heterocycles. The largest absolute Gasteiger partial charge is 0.416 e. The molecule has 0 spiro atoms. The summed E-state index contributed by atoms with van der Waals surface area (Å²) in [6.07, 6.45) is -5.98. The van der Waals surface area contributed by atoms with E-state index >= 15 is 0 Å². The van der Waals surface area contributed by atoms with Crippen molar-refractivity contribution >= 4 is 0 Å². The first-order chi connectivity index (χ1) is 4.11. The van der Waals surface area contributed by atoms with Crippen molar-refractivity contribution in [2.24, 2.45) is 0 Å². The fraction of sp³-hybridized carbons (Fsp3) is 0.750. The zero-order valence-electron chi connectivity index (χ0n) is 4.40. The van der Waals surface area contributed by atoms with Crippen LogP contribution in [0.2, 0.25) is 0 Å². The van der Waals surface area contributed by atoms with Crippen molar-refractivity contribution in [2.75, 3.05) is 6.73 Å². The van der Waals surface area contributed by atoms with Gasteiger partial charge in [0.25, 0.3) is 0 Å². The van der Waals surface area contributed by atoms with Gasteiger partial charge in [-0.2, -0.15) is 13.2 Å². The van der Waals surface area contributed by atoms with Gasteiger partial charge in [0.2, 0.25) is 0 Å². The van der Waals surface area contributed by atoms with Crippen molar-refractivity contribution in [3.8, 4) is 0 Å². The lowest BCUT2D eigenvalue weighted by atomic mass is 10.4. The van der Waals surface area contributed by atoms with Gasteiger partial charge < -0.3 is 4.74 Å². The van der Waals surface area contributed by atoms with Crippen molar-refractivity contribution in [1.29, 1.82) is 0 Å². The smallest absolute Gasteiger partial charge is 0.352 e. The van der Waals surface area contributed by atoms with Crippen LogP contribution in [0.1, 0.15) is 0 Å². The van der Waals surface area contributed by atoms with E-state index in [1.54, 1.807) is 0 Å². The molecule has 2 nitrogen and oxygen atoms in total. The Morgan fingerprint density at radius 1 is 1.56 bits per heavy atom. The Kier molecular flexibility index (Phi) is 1.63. The number of nitrogens with one attached hydrogen (secondary N) is 1. The van der Waals surface area contributed by atoms with Crippen molar-refractivity contribution in [3.05, 3.63) is 6.54 Å². The highest BCUT2D eigenvalue weighted by atomic mass is 19.4. The van der Waals surface area contributed by atoms with E-state index in [9.17, 15) is 13.2 Å². The third kappa shape index (κ3) is 1.56. The Morgan fingerprint density at radius 2 is 2.22 bits per heavy atom. The summed E-state index contributed by atoms with van der Waals surface area (Å²) in [5.41, 5.74) is 0. The van der Waals surface area contributed by atoms with Gasteiger partial charge in [0.1, 0.15) is 0 Å². The van der Waals surface area contributed by atoms with E-state index in [4.69, 9.17) is 0 Å². The number of alkyl halides is 3. The minimum atomic E-state index is -4.26. The first-order valence-corrected chi connectivity index (χ1v) is 2.36. The molecule has 0 amide bonds. The quantitative estimate of drug-likeness (QED) is 0.533. The molecule has 9 heavy (non-hydrogen) atoms. The molecule has 1 aliphatic rings. The Morgan fingerprint density at radius 3 is 2.44 bits per heavy atom. The highest BCUT2D eigenvalue weighted by molar-refractivity contribution is 4.84.